The maximum atomic E-state index is 13.6. The van der Waals surface area contributed by atoms with Crippen molar-refractivity contribution >= 4 is 28.9 Å². The number of nitrogens with one attached hydrogen (secondary N) is 1. The second kappa shape index (κ2) is 7.98. The molecule has 0 spiro atoms. The molecule has 3 aromatic rings. The molecule has 1 aliphatic rings. The largest absolute Gasteiger partial charge is 0.272 e. The predicted octanol–water partition coefficient (Wildman–Crippen LogP) is 4.78. The second-order valence-corrected chi connectivity index (χ2v) is 8.89. The van der Waals surface area contributed by atoms with E-state index in [1.807, 2.05) is 19.9 Å². The summed E-state index contributed by atoms with van der Waals surface area (Å²) in [6, 6.07) is 10.5. The van der Waals surface area contributed by atoms with Gasteiger partial charge in [0.05, 0.1) is 11.3 Å². The molecule has 1 aromatic carbocycles. The van der Waals surface area contributed by atoms with E-state index in [2.05, 4.69) is 34.7 Å². The van der Waals surface area contributed by atoms with Gasteiger partial charge in [-0.25, -0.2) is 9.87 Å². The van der Waals surface area contributed by atoms with Gasteiger partial charge >= 0.3 is 0 Å². The Morgan fingerprint density at radius 3 is 2.79 bits per heavy atom. The molecule has 3 heterocycles. The van der Waals surface area contributed by atoms with Gasteiger partial charge in [0.25, 0.3) is 0 Å². The smallest absolute Gasteiger partial charge is 0.156 e. The minimum Gasteiger partial charge on any atom is -0.272 e. The number of nitrogens with zero attached hydrogens (tertiary/aromatic N) is 3. The maximum Gasteiger partial charge on any atom is 0.156 e. The lowest BCUT2D eigenvalue weighted by molar-refractivity contribution is 0.0627. The zero-order valence-electron chi connectivity index (χ0n) is 15.7. The van der Waals surface area contributed by atoms with Crippen molar-refractivity contribution in [2.24, 2.45) is 4.99 Å². The van der Waals surface area contributed by atoms with Gasteiger partial charge in [0, 0.05) is 14.6 Å². The van der Waals surface area contributed by atoms with Crippen LogP contribution in [-0.2, 0) is 4.84 Å². The van der Waals surface area contributed by atoms with Gasteiger partial charge in [-0.2, -0.15) is 5.10 Å². The van der Waals surface area contributed by atoms with Gasteiger partial charge in [-0.3, -0.25) is 9.83 Å². The Kier molecular flexibility index (Phi) is 5.43. The lowest BCUT2D eigenvalue weighted by Gasteiger charge is -2.23. The van der Waals surface area contributed by atoms with Crippen molar-refractivity contribution in [2.45, 2.75) is 36.7 Å². The van der Waals surface area contributed by atoms with Crippen molar-refractivity contribution in [1.82, 2.24) is 15.7 Å². The molecule has 0 bridgehead atoms. The topological polar surface area (TPSA) is 59.4 Å². The minimum atomic E-state index is -0.284. The van der Waals surface area contributed by atoms with Crippen molar-refractivity contribution in [1.29, 1.82) is 0 Å². The Hall–Kier alpha value is -2.29. The number of hydrogen-bond donors (Lipinski definition) is 1. The Morgan fingerprint density at radius 2 is 2.04 bits per heavy atom. The Labute approximate surface area is 171 Å². The van der Waals surface area contributed by atoms with Crippen molar-refractivity contribution in [3.63, 3.8) is 0 Å². The number of aromatic nitrogens is 2. The predicted molar refractivity (Wildman–Crippen MR) is 109 cm³/mol. The van der Waals surface area contributed by atoms with E-state index >= 15 is 0 Å². The van der Waals surface area contributed by atoms with E-state index in [9.17, 15) is 4.39 Å². The molecular formula is C20H19FN4OS2. The van der Waals surface area contributed by atoms with E-state index in [0.717, 1.165) is 26.6 Å². The van der Waals surface area contributed by atoms with Gasteiger partial charge in [0.15, 0.2) is 5.84 Å². The van der Waals surface area contributed by atoms with E-state index < -0.39 is 0 Å². The fraction of sp³-hybridized carbons (Fsp3) is 0.250. The summed E-state index contributed by atoms with van der Waals surface area (Å²) in [5.41, 5.74) is 5.56. The average molecular weight is 415 g/mol. The molecule has 0 aliphatic carbocycles. The van der Waals surface area contributed by atoms with Crippen LogP contribution in [-0.4, -0.2) is 22.6 Å². The SMILES string of the molecule is Cc1ccc([C@H]2CONC(c3c(Sc4cccc(F)c4)nnc(C)c3C)=N2)s1. The zero-order valence-corrected chi connectivity index (χ0v) is 17.3. The molecule has 0 amide bonds. The van der Waals surface area contributed by atoms with Gasteiger partial charge in [0.2, 0.25) is 0 Å². The molecular weight excluding hydrogens is 395 g/mol. The highest BCUT2D eigenvalue weighted by Gasteiger charge is 2.24. The first-order valence-electron chi connectivity index (χ1n) is 8.81. The summed E-state index contributed by atoms with van der Waals surface area (Å²) in [6.45, 7) is 6.44. The average Bonchev–Trinajstić information content (AvgIpc) is 3.12. The molecule has 8 heteroatoms. The number of rotatable bonds is 4. The summed E-state index contributed by atoms with van der Waals surface area (Å²) in [7, 11) is 0. The van der Waals surface area contributed by atoms with Crippen LogP contribution in [0, 0.1) is 26.6 Å². The quantitative estimate of drug-likeness (QED) is 0.666. The van der Waals surface area contributed by atoms with Crippen molar-refractivity contribution < 1.29 is 9.23 Å². The van der Waals surface area contributed by atoms with Gasteiger partial charge in [-0.15, -0.1) is 16.4 Å². The molecule has 144 valence electrons. The standard InChI is InChI=1S/C20H19FN4OS2/c1-11-7-8-17(27-11)16-10-26-25-19(22-16)18-12(2)13(3)23-24-20(18)28-15-6-4-5-14(21)9-15/h4-9,16H,10H2,1-3H3,(H,22,25)/t16-/m1/s1. The number of aliphatic imine (C=N–C) groups is 1. The number of benzene rings is 1. The minimum absolute atomic E-state index is 0.0742. The summed E-state index contributed by atoms with van der Waals surface area (Å²) in [5.74, 6) is 0.338. The third kappa shape index (κ3) is 3.94. The summed E-state index contributed by atoms with van der Waals surface area (Å²) >= 11 is 3.08. The molecule has 1 N–H and O–H groups in total. The second-order valence-electron chi connectivity index (χ2n) is 6.50. The van der Waals surface area contributed by atoms with E-state index in [-0.39, 0.29) is 11.9 Å². The van der Waals surface area contributed by atoms with Gasteiger partial charge in [-0.1, -0.05) is 17.8 Å². The summed E-state index contributed by atoms with van der Waals surface area (Å²) in [5, 5.41) is 9.26. The molecule has 2 aromatic heterocycles. The summed E-state index contributed by atoms with van der Waals surface area (Å²) < 4.78 is 13.6. The van der Waals surface area contributed by atoms with Gasteiger partial charge in [0.1, 0.15) is 23.5 Å². The van der Waals surface area contributed by atoms with Crippen LogP contribution in [0.3, 0.4) is 0 Å². The highest BCUT2D eigenvalue weighted by atomic mass is 32.2. The van der Waals surface area contributed by atoms with E-state index in [0.29, 0.717) is 17.5 Å². The summed E-state index contributed by atoms with van der Waals surface area (Å²) in [6.07, 6.45) is 0. The molecule has 1 aliphatic heterocycles. The monoisotopic (exact) mass is 414 g/mol. The lowest BCUT2D eigenvalue weighted by Crippen LogP contribution is -2.33. The lowest BCUT2D eigenvalue weighted by atomic mass is 10.1. The Bertz CT molecular complexity index is 1050. The van der Waals surface area contributed by atoms with Crippen LogP contribution in [0.1, 0.15) is 32.6 Å². The number of aryl methyl sites for hydroxylation is 2. The molecule has 1 atom stereocenters. The fourth-order valence-corrected chi connectivity index (χ4v) is 4.76. The summed E-state index contributed by atoms with van der Waals surface area (Å²) in [4.78, 5) is 13.7. The highest BCUT2D eigenvalue weighted by Crippen LogP contribution is 2.33. The van der Waals surface area contributed by atoms with Crippen LogP contribution in [0.4, 0.5) is 4.39 Å². The molecule has 5 nitrogen and oxygen atoms in total. The van der Waals surface area contributed by atoms with Crippen LogP contribution >= 0.6 is 23.1 Å². The molecule has 28 heavy (non-hydrogen) atoms. The third-order valence-electron chi connectivity index (χ3n) is 4.45. The molecule has 0 radical (unpaired) electrons. The molecule has 4 rings (SSSR count). The highest BCUT2D eigenvalue weighted by molar-refractivity contribution is 7.99. The van der Waals surface area contributed by atoms with Crippen molar-refractivity contribution in [2.75, 3.05) is 6.61 Å². The van der Waals surface area contributed by atoms with Crippen LogP contribution in [0.5, 0.6) is 0 Å². The van der Waals surface area contributed by atoms with Crippen molar-refractivity contribution in [3.8, 4) is 0 Å². The zero-order chi connectivity index (χ0) is 19.7. The number of hydroxylamine groups is 1. The normalized spacial score (nSPS) is 16.6. The maximum absolute atomic E-state index is 13.6. The number of amidine groups is 1. The first kappa shape index (κ1) is 19.0. The first-order valence-corrected chi connectivity index (χ1v) is 10.4. The fourth-order valence-electron chi connectivity index (χ4n) is 2.88. The first-order chi connectivity index (χ1) is 13.5. The molecule has 0 unspecified atom stereocenters. The van der Waals surface area contributed by atoms with Crippen LogP contribution in [0.15, 0.2) is 51.3 Å². The van der Waals surface area contributed by atoms with Gasteiger partial charge < -0.3 is 0 Å². The van der Waals surface area contributed by atoms with Crippen LogP contribution in [0.2, 0.25) is 0 Å². The number of hydrogen-bond acceptors (Lipinski definition) is 7. The van der Waals surface area contributed by atoms with Crippen molar-refractivity contribution in [3.05, 3.63) is 68.8 Å². The van der Waals surface area contributed by atoms with E-state index in [1.54, 1.807) is 17.4 Å². The van der Waals surface area contributed by atoms with E-state index in [1.165, 1.54) is 28.8 Å². The van der Waals surface area contributed by atoms with Crippen LogP contribution < -0.4 is 5.48 Å². The Balaban J connectivity index is 1.75. The Morgan fingerprint density at radius 1 is 1.18 bits per heavy atom. The number of thiophene rings is 1. The molecule has 0 saturated heterocycles. The number of halogens is 1. The molecule has 0 fully saturated rings. The third-order valence-corrected chi connectivity index (χ3v) is 6.53. The molecule has 0 saturated carbocycles. The van der Waals surface area contributed by atoms with E-state index in [4.69, 9.17) is 9.83 Å². The van der Waals surface area contributed by atoms with Crippen LogP contribution in [0.25, 0.3) is 0 Å². The van der Waals surface area contributed by atoms with Gasteiger partial charge in [-0.05, 0) is 56.7 Å².